The third-order valence-corrected chi connectivity index (χ3v) is 3.89. The van der Waals surface area contributed by atoms with Crippen molar-refractivity contribution in [3.8, 4) is 11.5 Å². The van der Waals surface area contributed by atoms with Crippen molar-refractivity contribution in [2.24, 2.45) is 17.8 Å². The Morgan fingerprint density at radius 1 is 1.32 bits per heavy atom. The Bertz CT molecular complexity index is 768. The Morgan fingerprint density at radius 3 is 2.80 bits per heavy atom. The highest BCUT2D eigenvalue weighted by molar-refractivity contribution is 5.92. The van der Waals surface area contributed by atoms with Crippen molar-refractivity contribution >= 4 is 17.6 Å². The summed E-state index contributed by atoms with van der Waals surface area (Å²) in [7, 11) is 5.87. The van der Waals surface area contributed by atoms with Gasteiger partial charge in [0.15, 0.2) is 17.5 Å². The standard InChI is InChI=1S/C17H24N6O2/c1-22(2)17-20-11-13(23(17)3)10-19-16(18)21-12-5-6-14-15(9-12)25-8-4-7-24-14/h5-6,9,11H,4,7-8,10H2,1-3H3,(H3,18,19,21). The molecule has 0 unspecified atom stereocenters. The first kappa shape index (κ1) is 16.9. The number of imidazole rings is 1. The van der Waals surface area contributed by atoms with Gasteiger partial charge in [0.1, 0.15) is 0 Å². The maximum atomic E-state index is 6.00. The number of nitrogens with two attached hydrogens (primary N) is 1. The van der Waals surface area contributed by atoms with Crippen LogP contribution in [0.5, 0.6) is 11.5 Å². The number of aromatic nitrogens is 2. The van der Waals surface area contributed by atoms with Crippen LogP contribution in [0.25, 0.3) is 0 Å². The third-order valence-electron chi connectivity index (χ3n) is 3.89. The number of hydrogen-bond donors (Lipinski definition) is 2. The van der Waals surface area contributed by atoms with Gasteiger partial charge in [-0.15, -0.1) is 0 Å². The van der Waals surface area contributed by atoms with E-state index >= 15 is 0 Å². The first-order valence-electron chi connectivity index (χ1n) is 8.19. The van der Waals surface area contributed by atoms with Crippen LogP contribution < -0.4 is 25.4 Å². The zero-order valence-electron chi connectivity index (χ0n) is 14.8. The van der Waals surface area contributed by atoms with Gasteiger partial charge in [-0.2, -0.15) is 0 Å². The molecule has 8 heteroatoms. The molecule has 2 heterocycles. The molecule has 8 nitrogen and oxygen atoms in total. The highest BCUT2D eigenvalue weighted by atomic mass is 16.5. The monoisotopic (exact) mass is 344 g/mol. The fourth-order valence-electron chi connectivity index (χ4n) is 2.59. The van der Waals surface area contributed by atoms with E-state index < -0.39 is 0 Å². The minimum Gasteiger partial charge on any atom is -0.490 e. The number of benzene rings is 1. The van der Waals surface area contributed by atoms with E-state index in [1.807, 2.05) is 48.8 Å². The Labute approximate surface area is 147 Å². The number of aliphatic imine (C=N–C) groups is 1. The number of rotatable bonds is 4. The second kappa shape index (κ2) is 7.33. The van der Waals surface area contributed by atoms with Gasteiger partial charge in [-0.25, -0.2) is 9.98 Å². The third kappa shape index (κ3) is 3.96. The Hall–Kier alpha value is -2.90. The summed E-state index contributed by atoms with van der Waals surface area (Å²) >= 11 is 0. The number of nitrogens with one attached hydrogen (secondary N) is 1. The predicted molar refractivity (Wildman–Crippen MR) is 98.5 cm³/mol. The summed E-state index contributed by atoms with van der Waals surface area (Å²) in [5.74, 6) is 2.68. The number of hydrogen-bond acceptors (Lipinski definition) is 5. The SMILES string of the molecule is CN(C)c1ncc(CN=C(N)Nc2ccc3c(c2)OCCCO3)n1C. The summed E-state index contributed by atoms with van der Waals surface area (Å²) < 4.78 is 13.3. The van der Waals surface area contributed by atoms with Crippen LogP contribution in [0, 0.1) is 0 Å². The molecule has 0 radical (unpaired) electrons. The molecule has 1 aromatic carbocycles. The topological polar surface area (TPSA) is 89.9 Å². The van der Waals surface area contributed by atoms with E-state index in [0.29, 0.717) is 25.7 Å². The molecular formula is C17H24N6O2. The first-order valence-corrected chi connectivity index (χ1v) is 8.19. The van der Waals surface area contributed by atoms with Gasteiger partial charge < -0.3 is 30.0 Å². The van der Waals surface area contributed by atoms with Crippen molar-refractivity contribution in [2.75, 3.05) is 37.5 Å². The van der Waals surface area contributed by atoms with Crippen LogP contribution in [0.4, 0.5) is 11.6 Å². The van der Waals surface area contributed by atoms with E-state index in [4.69, 9.17) is 15.2 Å². The average molecular weight is 344 g/mol. The molecule has 2 aromatic rings. The van der Waals surface area contributed by atoms with Crippen molar-refractivity contribution in [1.82, 2.24) is 9.55 Å². The summed E-state index contributed by atoms with van der Waals surface area (Å²) in [5.41, 5.74) is 7.79. The molecule has 134 valence electrons. The number of anilines is 2. The van der Waals surface area contributed by atoms with E-state index in [1.165, 1.54) is 0 Å². The van der Waals surface area contributed by atoms with Crippen LogP contribution >= 0.6 is 0 Å². The van der Waals surface area contributed by atoms with Crippen molar-refractivity contribution in [2.45, 2.75) is 13.0 Å². The smallest absolute Gasteiger partial charge is 0.204 e. The highest BCUT2D eigenvalue weighted by Crippen LogP contribution is 2.32. The number of ether oxygens (including phenoxy) is 2. The maximum Gasteiger partial charge on any atom is 0.204 e. The Balaban J connectivity index is 1.67. The lowest BCUT2D eigenvalue weighted by atomic mass is 10.3. The first-order chi connectivity index (χ1) is 12.0. The van der Waals surface area contributed by atoms with Crippen LogP contribution in [0.2, 0.25) is 0 Å². The molecule has 0 amide bonds. The van der Waals surface area contributed by atoms with Crippen LogP contribution in [-0.2, 0) is 13.6 Å². The average Bonchev–Trinajstić information content (AvgIpc) is 2.79. The van der Waals surface area contributed by atoms with E-state index in [1.54, 1.807) is 6.20 Å². The lowest BCUT2D eigenvalue weighted by Gasteiger charge is -2.12. The van der Waals surface area contributed by atoms with Crippen LogP contribution in [-0.4, -0.2) is 42.8 Å². The molecule has 0 saturated carbocycles. The van der Waals surface area contributed by atoms with Crippen molar-refractivity contribution in [3.63, 3.8) is 0 Å². The van der Waals surface area contributed by atoms with Gasteiger partial charge in [-0.3, -0.25) is 0 Å². The Morgan fingerprint density at radius 2 is 2.08 bits per heavy atom. The van der Waals surface area contributed by atoms with E-state index in [9.17, 15) is 0 Å². The van der Waals surface area contributed by atoms with Crippen molar-refractivity contribution in [1.29, 1.82) is 0 Å². The number of guanidine groups is 1. The van der Waals surface area contributed by atoms with Gasteiger partial charge in [0.25, 0.3) is 0 Å². The van der Waals surface area contributed by atoms with Crippen LogP contribution in [0.1, 0.15) is 12.1 Å². The zero-order valence-corrected chi connectivity index (χ0v) is 14.8. The zero-order chi connectivity index (χ0) is 17.8. The van der Waals surface area contributed by atoms with Gasteiger partial charge in [-0.1, -0.05) is 0 Å². The molecule has 1 aliphatic heterocycles. The van der Waals surface area contributed by atoms with Crippen LogP contribution in [0.3, 0.4) is 0 Å². The van der Waals surface area contributed by atoms with Gasteiger partial charge >= 0.3 is 0 Å². The van der Waals surface area contributed by atoms with Gasteiger partial charge in [0.2, 0.25) is 5.95 Å². The van der Waals surface area contributed by atoms with E-state index in [0.717, 1.165) is 35.2 Å². The maximum absolute atomic E-state index is 6.00. The molecule has 1 aromatic heterocycles. The number of nitrogens with zero attached hydrogens (tertiary/aromatic N) is 4. The van der Waals surface area contributed by atoms with Gasteiger partial charge in [0, 0.05) is 39.3 Å². The fourth-order valence-corrected chi connectivity index (χ4v) is 2.59. The molecule has 0 spiro atoms. The largest absolute Gasteiger partial charge is 0.490 e. The fraction of sp³-hybridized carbons (Fsp3) is 0.412. The summed E-state index contributed by atoms with van der Waals surface area (Å²) in [6.07, 6.45) is 2.68. The Kier molecular flexibility index (Phi) is 4.97. The highest BCUT2D eigenvalue weighted by Gasteiger charge is 2.11. The molecule has 0 aliphatic carbocycles. The molecule has 0 bridgehead atoms. The summed E-state index contributed by atoms with van der Waals surface area (Å²) in [6, 6.07) is 5.64. The lowest BCUT2D eigenvalue weighted by molar-refractivity contribution is 0.297. The summed E-state index contributed by atoms with van der Waals surface area (Å²) in [6.45, 7) is 1.76. The summed E-state index contributed by atoms with van der Waals surface area (Å²) in [4.78, 5) is 10.7. The normalized spacial score (nSPS) is 14.1. The van der Waals surface area contributed by atoms with Crippen molar-refractivity contribution < 1.29 is 9.47 Å². The molecule has 0 saturated heterocycles. The second-order valence-electron chi connectivity index (χ2n) is 6.04. The van der Waals surface area contributed by atoms with Crippen LogP contribution in [0.15, 0.2) is 29.4 Å². The molecular weight excluding hydrogens is 320 g/mol. The van der Waals surface area contributed by atoms with E-state index in [-0.39, 0.29) is 0 Å². The molecule has 0 fully saturated rings. The predicted octanol–water partition coefficient (Wildman–Crippen LogP) is 1.57. The van der Waals surface area contributed by atoms with Gasteiger partial charge in [-0.05, 0) is 12.1 Å². The number of fused-ring (bicyclic) bond motifs is 1. The van der Waals surface area contributed by atoms with Crippen molar-refractivity contribution in [3.05, 3.63) is 30.1 Å². The van der Waals surface area contributed by atoms with Gasteiger partial charge in [0.05, 0.1) is 31.6 Å². The molecule has 0 atom stereocenters. The molecule has 3 N–H and O–H groups in total. The minimum absolute atomic E-state index is 0.335. The minimum atomic E-state index is 0.335. The second-order valence-corrected chi connectivity index (χ2v) is 6.04. The molecule has 25 heavy (non-hydrogen) atoms. The summed E-state index contributed by atoms with van der Waals surface area (Å²) in [5, 5.41) is 3.08. The molecule has 1 aliphatic rings. The molecule has 3 rings (SSSR count). The van der Waals surface area contributed by atoms with E-state index in [2.05, 4.69) is 15.3 Å². The quantitative estimate of drug-likeness (QED) is 0.646. The lowest BCUT2D eigenvalue weighted by Crippen LogP contribution is -2.22.